The largest absolute Gasteiger partial charge is 0.379 e. The first-order valence-electron chi connectivity index (χ1n) is 7.86. The lowest BCUT2D eigenvalue weighted by Gasteiger charge is -2.30. The van der Waals surface area contributed by atoms with E-state index in [9.17, 15) is 0 Å². The molecule has 0 unspecified atom stereocenters. The van der Waals surface area contributed by atoms with Crippen molar-refractivity contribution in [3.8, 4) is 0 Å². The van der Waals surface area contributed by atoms with E-state index >= 15 is 0 Å². The lowest BCUT2D eigenvalue weighted by molar-refractivity contribution is 0.223. The van der Waals surface area contributed by atoms with Gasteiger partial charge in [0, 0.05) is 23.2 Å². The maximum absolute atomic E-state index is 4.71. The number of rotatable bonds is 2. The standard InChI is InChI=1S/C17H26N4/c1-17(2,3)19-14-11-13-5-10-21(16(13)18-12-14)15-6-8-20(4)9-7-15/h5,10-12,15,19H,6-9H2,1-4H3. The number of hydrogen-bond acceptors (Lipinski definition) is 3. The van der Waals surface area contributed by atoms with Crippen LogP contribution in [0.25, 0.3) is 11.0 Å². The molecule has 1 fully saturated rings. The molecule has 1 saturated heterocycles. The molecule has 0 spiro atoms. The summed E-state index contributed by atoms with van der Waals surface area (Å²) in [6.07, 6.45) is 6.58. The van der Waals surface area contributed by atoms with Crippen LogP contribution in [0.5, 0.6) is 0 Å². The number of likely N-dealkylation sites (tertiary alicyclic amines) is 1. The quantitative estimate of drug-likeness (QED) is 0.917. The molecule has 0 aromatic carbocycles. The van der Waals surface area contributed by atoms with Gasteiger partial charge >= 0.3 is 0 Å². The SMILES string of the molecule is CN1CCC(n2ccc3cc(NC(C)(C)C)cnc32)CC1. The smallest absolute Gasteiger partial charge is 0.140 e. The van der Waals surface area contributed by atoms with E-state index in [2.05, 4.69) is 60.9 Å². The van der Waals surface area contributed by atoms with Crippen LogP contribution in [-0.2, 0) is 0 Å². The van der Waals surface area contributed by atoms with Crippen molar-refractivity contribution in [1.29, 1.82) is 0 Å². The molecule has 0 atom stereocenters. The van der Waals surface area contributed by atoms with Gasteiger partial charge in [-0.05, 0) is 65.9 Å². The van der Waals surface area contributed by atoms with Gasteiger partial charge in [-0.15, -0.1) is 0 Å². The first kappa shape index (κ1) is 14.4. The first-order valence-corrected chi connectivity index (χ1v) is 7.86. The van der Waals surface area contributed by atoms with E-state index in [-0.39, 0.29) is 5.54 Å². The fourth-order valence-corrected chi connectivity index (χ4v) is 3.11. The monoisotopic (exact) mass is 286 g/mol. The van der Waals surface area contributed by atoms with Gasteiger partial charge in [0.1, 0.15) is 5.65 Å². The Morgan fingerprint density at radius 3 is 2.62 bits per heavy atom. The van der Waals surface area contributed by atoms with Gasteiger partial charge in [0.25, 0.3) is 0 Å². The second-order valence-corrected chi connectivity index (χ2v) is 7.27. The van der Waals surface area contributed by atoms with Crippen molar-refractivity contribution < 1.29 is 0 Å². The molecule has 4 nitrogen and oxygen atoms in total. The van der Waals surface area contributed by atoms with Gasteiger partial charge < -0.3 is 14.8 Å². The zero-order chi connectivity index (χ0) is 15.0. The molecule has 1 N–H and O–H groups in total. The van der Waals surface area contributed by atoms with Crippen molar-refractivity contribution in [1.82, 2.24) is 14.5 Å². The van der Waals surface area contributed by atoms with Crippen LogP contribution < -0.4 is 5.32 Å². The second kappa shape index (κ2) is 5.34. The Labute approximate surface area is 127 Å². The summed E-state index contributed by atoms with van der Waals surface area (Å²) in [7, 11) is 2.20. The van der Waals surface area contributed by atoms with Gasteiger partial charge in [0.05, 0.1) is 11.9 Å². The van der Waals surface area contributed by atoms with Crippen LogP contribution in [0.15, 0.2) is 24.5 Å². The summed E-state index contributed by atoms with van der Waals surface area (Å²) in [6.45, 7) is 8.85. The van der Waals surface area contributed by atoms with E-state index in [4.69, 9.17) is 4.98 Å². The number of nitrogens with zero attached hydrogens (tertiary/aromatic N) is 3. The molecule has 1 aliphatic rings. The van der Waals surface area contributed by atoms with Crippen molar-refractivity contribution in [2.24, 2.45) is 0 Å². The van der Waals surface area contributed by atoms with Crippen molar-refractivity contribution >= 4 is 16.7 Å². The van der Waals surface area contributed by atoms with Crippen LogP contribution in [0.4, 0.5) is 5.69 Å². The van der Waals surface area contributed by atoms with Crippen molar-refractivity contribution in [2.75, 3.05) is 25.5 Å². The number of anilines is 1. The summed E-state index contributed by atoms with van der Waals surface area (Å²) in [5, 5.41) is 4.71. The molecule has 0 aliphatic carbocycles. The van der Waals surface area contributed by atoms with Crippen LogP contribution >= 0.6 is 0 Å². The zero-order valence-corrected chi connectivity index (χ0v) is 13.6. The molecule has 0 amide bonds. The Morgan fingerprint density at radius 2 is 1.95 bits per heavy atom. The third kappa shape index (κ3) is 3.21. The van der Waals surface area contributed by atoms with E-state index in [1.165, 1.54) is 31.3 Å². The molecule has 3 heterocycles. The minimum atomic E-state index is 0.0614. The predicted molar refractivity (Wildman–Crippen MR) is 88.9 cm³/mol. The summed E-state index contributed by atoms with van der Waals surface area (Å²) in [4.78, 5) is 7.11. The van der Waals surface area contributed by atoms with E-state index in [0.717, 1.165) is 11.3 Å². The minimum absolute atomic E-state index is 0.0614. The average Bonchev–Trinajstić information content (AvgIpc) is 2.81. The molecule has 4 heteroatoms. The van der Waals surface area contributed by atoms with Gasteiger partial charge in [-0.2, -0.15) is 0 Å². The lowest BCUT2D eigenvalue weighted by atomic mass is 10.1. The van der Waals surface area contributed by atoms with Crippen LogP contribution in [0.1, 0.15) is 39.7 Å². The van der Waals surface area contributed by atoms with E-state index in [1.54, 1.807) is 0 Å². The molecular weight excluding hydrogens is 260 g/mol. The number of hydrogen-bond donors (Lipinski definition) is 1. The normalized spacial score (nSPS) is 18.3. The number of nitrogens with one attached hydrogen (secondary N) is 1. The van der Waals surface area contributed by atoms with E-state index in [0.29, 0.717) is 6.04 Å². The molecule has 1 aliphatic heterocycles. The summed E-state index contributed by atoms with van der Waals surface area (Å²) < 4.78 is 2.36. The Hall–Kier alpha value is -1.55. The van der Waals surface area contributed by atoms with Gasteiger partial charge in [-0.3, -0.25) is 0 Å². The summed E-state index contributed by atoms with van der Waals surface area (Å²) in [6, 6.07) is 4.99. The Bertz CT molecular complexity index is 615. The zero-order valence-electron chi connectivity index (χ0n) is 13.6. The molecule has 0 saturated carbocycles. The third-order valence-electron chi connectivity index (χ3n) is 4.16. The van der Waals surface area contributed by atoms with Crippen LogP contribution in [0, 0.1) is 0 Å². The number of aromatic nitrogens is 2. The molecule has 0 radical (unpaired) electrons. The Kier molecular flexibility index (Phi) is 3.66. The maximum atomic E-state index is 4.71. The molecular formula is C17H26N4. The van der Waals surface area contributed by atoms with E-state index < -0.39 is 0 Å². The van der Waals surface area contributed by atoms with Gasteiger partial charge in [0.15, 0.2) is 0 Å². The highest BCUT2D eigenvalue weighted by atomic mass is 15.1. The van der Waals surface area contributed by atoms with Gasteiger partial charge in [-0.1, -0.05) is 0 Å². The average molecular weight is 286 g/mol. The molecule has 21 heavy (non-hydrogen) atoms. The van der Waals surface area contributed by atoms with Crippen LogP contribution in [-0.4, -0.2) is 40.1 Å². The molecule has 3 rings (SSSR count). The summed E-state index contributed by atoms with van der Waals surface area (Å²) in [5.41, 5.74) is 2.27. The van der Waals surface area contributed by atoms with Crippen molar-refractivity contribution in [3.05, 3.63) is 24.5 Å². The highest BCUT2D eigenvalue weighted by molar-refractivity contribution is 5.80. The van der Waals surface area contributed by atoms with Gasteiger partial charge in [-0.25, -0.2) is 4.98 Å². The topological polar surface area (TPSA) is 33.1 Å². The maximum Gasteiger partial charge on any atom is 0.140 e. The van der Waals surface area contributed by atoms with Gasteiger partial charge in [0.2, 0.25) is 0 Å². The number of piperidine rings is 1. The fourth-order valence-electron chi connectivity index (χ4n) is 3.11. The Balaban J connectivity index is 1.86. The van der Waals surface area contributed by atoms with Crippen LogP contribution in [0.3, 0.4) is 0 Å². The fraction of sp³-hybridized carbons (Fsp3) is 0.588. The Morgan fingerprint density at radius 1 is 1.24 bits per heavy atom. The predicted octanol–water partition coefficient (Wildman–Crippen LogP) is 3.51. The minimum Gasteiger partial charge on any atom is -0.379 e. The van der Waals surface area contributed by atoms with Crippen LogP contribution in [0.2, 0.25) is 0 Å². The molecule has 114 valence electrons. The summed E-state index contributed by atoms with van der Waals surface area (Å²) in [5.74, 6) is 0. The molecule has 2 aromatic rings. The highest BCUT2D eigenvalue weighted by Gasteiger charge is 2.20. The number of pyridine rings is 1. The highest BCUT2D eigenvalue weighted by Crippen LogP contribution is 2.28. The third-order valence-corrected chi connectivity index (χ3v) is 4.16. The second-order valence-electron chi connectivity index (χ2n) is 7.27. The summed E-state index contributed by atoms with van der Waals surface area (Å²) >= 11 is 0. The van der Waals surface area contributed by atoms with Crippen molar-refractivity contribution in [3.63, 3.8) is 0 Å². The molecule has 2 aromatic heterocycles. The molecule has 0 bridgehead atoms. The first-order chi connectivity index (χ1) is 9.92. The van der Waals surface area contributed by atoms with E-state index in [1.807, 2.05) is 6.20 Å². The lowest BCUT2D eigenvalue weighted by Crippen LogP contribution is -2.31. The number of fused-ring (bicyclic) bond motifs is 1. The van der Waals surface area contributed by atoms with Crippen molar-refractivity contribution in [2.45, 2.75) is 45.2 Å².